The maximum Gasteiger partial charge on any atom is 0.251 e. The highest BCUT2D eigenvalue weighted by Crippen LogP contribution is 2.16. The fourth-order valence-electron chi connectivity index (χ4n) is 1.62. The van der Waals surface area contributed by atoms with Crippen molar-refractivity contribution in [3.05, 3.63) is 22.8 Å². The first-order chi connectivity index (χ1) is 8.73. The molecule has 104 valence electrons. The number of rotatable bonds is 5. The number of pyridine rings is 1. The van der Waals surface area contributed by atoms with Crippen molar-refractivity contribution in [3.63, 3.8) is 0 Å². The van der Waals surface area contributed by atoms with Gasteiger partial charge < -0.3 is 16.4 Å². The molecular weight excluding hydrogens is 268 g/mol. The van der Waals surface area contributed by atoms with E-state index in [0.717, 1.165) is 0 Å². The lowest BCUT2D eigenvalue weighted by atomic mass is 9.99. The average molecular weight is 285 g/mol. The molecule has 1 aromatic heterocycles. The molecule has 2 amide bonds. The van der Waals surface area contributed by atoms with Crippen molar-refractivity contribution in [2.24, 2.45) is 5.73 Å². The van der Waals surface area contributed by atoms with E-state index >= 15 is 0 Å². The van der Waals surface area contributed by atoms with Gasteiger partial charge in [0.2, 0.25) is 5.91 Å². The van der Waals surface area contributed by atoms with Crippen molar-refractivity contribution in [3.8, 4) is 0 Å². The molecule has 0 spiro atoms. The minimum atomic E-state index is -0.724. The van der Waals surface area contributed by atoms with Crippen LogP contribution in [0, 0.1) is 0 Å². The van der Waals surface area contributed by atoms with Crippen molar-refractivity contribution in [2.45, 2.75) is 25.8 Å². The molecule has 0 aliphatic heterocycles. The molecule has 0 bridgehead atoms. The summed E-state index contributed by atoms with van der Waals surface area (Å²) in [4.78, 5) is 27.0. The summed E-state index contributed by atoms with van der Waals surface area (Å²) in [7, 11) is 1.68. The summed E-state index contributed by atoms with van der Waals surface area (Å²) < 4.78 is 0. The van der Waals surface area contributed by atoms with Crippen molar-refractivity contribution in [1.82, 2.24) is 10.3 Å². The van der Waals surface area contributed by atoms with Crippen LogP contribution in [0.1, 0.15) is 30.6 Å². The van der Waals surface area contributed by atoms with Crippen molar-refractivity contribution in [2.75, 3.05) is 12.4 Å². The highest BCUT2D eigenvalue weighted by molar-refractivity contribution is 6.29. The summed E-state index contributed by atoms with van der Waals surface area (Å²) in [6.07, 6.45) is 0.0520. The smallest absolute Gasteiger partial charge is 0.251 e. The largest absolute Gasteiger partial charge is 0.373 e. The molecule has 0 aliphatic carbocycles. The van der Waals surface area contributed by atoms with E-state index < -0.39 is 11.4 Å². The number of aromatic nitrogens is 1. The monoisotopic (exact) mass is 284 g/mol. The second-order valence-corrected chi connectivity index (χ2v) is 5.18. The van der Waals surface area contributed by atoms with Crippen LogP contribution in [0.4, 0.5) is 5.82 Å². The number of anilines is 1. The number of carbonyl (C=O) groups is 2. The first-order valence-electron chi connectivity index (χ1n) is 5.69. The molecule has 1 aromatic rings. The third-order valence-corrected chi connectivity index (χ3v) is 2.57. The normalized spacial score (nSPS) is 10.9. The van der Waals surface area contributed by atoms with Gasteiger partial charge in [-0.15, -0.1) is 0 Å². The molecule has 0 unspecified atom stereocenters. The van der Waals surface area contributed by atoms with Crippen LogP contribution in [0.5, 0.6) is 0 Å². The third kappa shape index (κ3) is 4.75. The zero-order chi connectivity index (χ0) is 14.6. The Morgan fingerprint density at radius 2 is 2.05 bits per heavy atom. The van der Waals surface area contributed by atoms with Crippen LogP contribution >= 0.6 is 11.6 Å². The number of carbonyl (C=O) groups excluding carboxylic acids is 2. The Bertz CT molecular complexity index is 503. The number of hydrogen-bond donors (Lipinski definition) is 3. The van der Waals surface area contributed by atoms with Crippen LogP contribution in [-0.2, 0) is 4.79 Å². The fourth-order valence-corrected chi connectivity index (χ4v) is 1.82. The minimum Gasteiger partial charge on any atom is -0.373 e. The van der Waals surface area contributed by atoms with Gasteiger partial charge in [-0.05, 0) is 26.0 Å². The average Bonchev–Trinajstić information content (AvgIpc) is 2.25. The van der Waals surface area contributed by atoms with E-state index in [1.165, 1.54) is 6.07 Å². The van der Waals surface area contributed by atoms with Gasteiger partial charge >= 0.3 is 0 Å². The summed E-state index contributed by atoms with van der Waals surface area (Å²) >= 11 is 5.82. The van der Waals surface area contributed by atoms with Gasteiger partial charge in [0.05, 0.1) is 0 Å². The van der Waals surface area contributed by atoms with Gasteiger partial charge in [0.25, 0.3) is 5.91 Å². The summed E-state index contributed by atoms with van der Waals surface area (Å²) in [5.74, 6) is -0.327. The van der Waals surface area contributed by atoms with Crippen LogP contribution in [0.15, 0.2) is 12.1 Å². The maximum absolute atomic E-state index is 12.1. The van der Waals surface area contributed by atoms with E-state index in [1.807, 2.05) is 0 Å². The SMILES string of the molecule is CNc1cc(C(=O)NC(C)(C)CC(N)=O)cc(Cl)n1. The van der Waals surface area contributed by atoms with Crippen LogP contribution in [0.25, 0.3) is 0 Å². The predicted molar refractivity (Wildman–Crippen MR) is 74.2 cm³/mol. The molecule has 6 nitrogen and oxygen atoms in total. The molecule has 0 aliphatic rings. The van der Waals surface area contributed by atoms with Gasteiger partial charge in [-0.3, -0.25) is 9.59 Å². The number of nitrogens with zero attached hydrogens (tertiary/aromatic N) is 1. The van der Waals surface area contributed by atoms with Crippen molar-refractivity contribution >= 4 is 29.2 Å². The Morgan fingerprint density at radius 1 is 1.42 bits per heavy atom. The Balaban J connectivity index is 2.89. The molecule has 0 fully saturated rings. The highest BCUT2D eigenvalue weighted by atomic mass is 35.5. The van der Waals surface area contributed by atoms with Gasteiger partial charge in [-0.1, -0.05) is 11.6 Å². The zero-order valence-corrected chi connectivity index (χ0v) is 11.8. The zero-order valence-electron chi connectivity index (χ0n) is 11.1. The summed E-state index contributed by atoms with van der Waals surface area (Å²) in [6, 6.07) is 3.03. The molecule has 0 atom stereocenters. The Morgan fingerprint density at radius 3 is 2.58 bits per heavy atom. The number of amides is 2. The lowest BCUT2D eigenvalue weighted by molar-refractivity contribution is -0.119. The van der Waals surface area contributed by atoms with Crippen molar-refractivity contribution < 1.29 is 9.59 Å². The summed E-state index contributed by atoms with van der Waals surface area (Å²) in [5.41, 5.74) is 4.77. The molecule has 0 radical (unpaired) electrons. The van der Waals surface area contributed by atoms with Gasteiger partial charge in [0, 0.05) is 24.6 Å². The van der Waals surface area contributed by atoms with Crippen molar-refractivity contribution in [1.29, 1.82) is 0 Å². The minimum absolute atomic E-state index is 0.0520. The lowest BCUT2D eigenvalue weighted by Gasteiger charge is -2.24. The number of primary amides is 1. The van der Waals surface area contributed by atoms with E-state index in [2.05, 4.69) is 15.6 Å². The first-order valence-corrected chi connectivity index (χ1v) is 6.07. The van der Waals surface area contributed by atoms with E-state index in [4.69, 9.17) is 17.3 Å². The van der Waals surface area contributed by atoms with Gasteiger partial charge in [-0.25, -0.2) is 4.98 Å². The van der Waals surface area contributed by atoms with Crippen LogP contribution in [0.2, 0.25) is 5.15 Å². The molecule has 4 N–H and O–H groups in total. The Hall–Kier alpha value is -1.82. The van der Waals surface area contributed by atoms with Crippen LogP contribution in [0.3, 0.4) is 0 Å². The maximum atomic E-state index is 12.1. The molecule has 19 heavy (non-hydrogen) atoms. The highest BCUT2D eigenvalue weighted by Gasteiger charge is 2.23. The summed E-state index contributed by atoms with van der Waals surface area (Å²) in [6.45, 7) is 3.44. The Kier molecular flexibility index (Phi) is 4.72. The van der Waals surface area contributed by atoms with Gasteiger partial charge in [-0.2, -0.15) is 0 Å². The van der Waals surface area contributed by atoms with Crippen LogP contribution < -0.4 is 16.4 Å². The number of nitrogens with one attached hydrogen (secondary N) is 2. The number of nitrogens with two attached hydrogens (primary N) is 1. The topological polar surface area (TPSA) is 97.1 Å². The first kappa shape index (κ1) is 15.2. The second kappa shape index (κ2) is 5.88. The molecule has 0 saturated carbocycles. The predicted octanol–water partition coefficient (Wildman–Crippen LogP) is 1.16. The lowest BCUT2D eigenvalue weighted by Crippen LogP contribution is -2.46. The number of halogens is 1. The third-order valence-electron chi connectivity index (χ3n) is 2.38. The molecule has 0 aromatic carbocycles. The summed E-state index contributed by atoms with van der Waals surface area (Å²) in [5, 5.41) is 5.75. The quantitative estimate of drug-likeness (QED) is 0.707. The standard InChI is InChI=1S/C12H17ClN4O2/c1-12(2,6-9(14)18)17-11(19)7-4-8(13)16-10(5-7)15-3/h4-5H,6H2,1-3H3,(H2,14,18)(H,15,16)(H,17,19). The molecule has 7 heteroatoms. The molecule has 0 saturated heterocycles. The van der Waals surface area contributed by atoms with Gasteiger partial charge in [0.15, 0.2) is 0 Å². The van der Waals surface area contributed by atoms with E-state index in [0.29, 0.717) is 11.4 Å². The molecule has 1 rings (SSSR count). The molecule has 1 heterocycles. The van der Waals surface area contributed by atoms with Crippen LogP contribution in [-0.4, -0.2) is 29.4 Å². The van der Waals surface area contributed by atoms with E-state index in [-0.39, 0.29) is 17.5 Å². The Labute approximate surface area is 116 Å². The second-order valence-electron chi connectivity index (χ2n) is 4.79. The van der Waals surface area contributed by atoms with Gasteiger partial charge in [0.1, 0.15) is 11.0 Å². The van der Waals surface area contributed by atoms with E-state index in [9.17, 15) is 9.59 Å². The fraction of sp³-hybridized carbons (Fsp3) is 0.417. The number of hydrogen-bond acceptors (Lipinski definition) is 4. The van der Waals surface area contributed by atoms with E-state index in [1.54, 1.807) is 27.0 Å². The molecular formula is C12H17ClN4O2.